The van der Waals surface area contributed by atoms with Crippen LogP contribution in [0.5, 0.6) is 0 Å². The van der Waals surface area contributed by atoms with Gasteiger partial charge in [0.2, 0.25) is 5.91 Å². The predicted octanol–water partition coefficient (Wildman–Crippen LogP) is 1.38. The lowest BCUT2D eigenvalue weighted by molar-refractivity contribution is -0.123. The summed E-state index contributed by atoms with van der Waals surface area (Å²) in [5.41, 5.74) is 6.42. The maximum absolute atomic E-state index is 13.0. The average molecular weight is 438 g/mol. The molecule has 162 valence electrons. The smallest absolute Gasteiger partial charge is 0.389 e. The van der Waals surface area contributed by atoms with Gasteiger partial charge in [0.25, 0.3) is 0 Å². The van der Waals surface area contributed by atoms with E-state index in [-0.39, 0.29) is 31.0 Å². The molecule has 0 fully saturated rings. The first kappa shape index (κ1) is 25.3. The number of methoxy groups -OCH3 is 1. The molecule has 9 nitrogen and oxygen atoms in total. The molecule has 0 aliphatic heterocycles. The van der Waals surface area contributed by atoms with Gasteiger partial charge in [-0.3, -0.25) is 13.8 Å². The second-order valence-corrected chi connectivity index (χ2v) is 10.6. The number of allylic oxidation sites excluding steroid dienone is 3. The number of ether oxygens (including phenoxy) is 1. The molecule has 0 spiro atoms. The highest BCUT2D eigenvalue weighted by Crippen LogP contribution is 2.62. The summed E-state index contributed by atoms with van der Waals surface area (Å²) in [5.74, 6) is 0.320. The summed E-state index contributed by atoms with van der Waals surface area (Å²) < 4.78 is 28.5. The fraction of sp³-hybridized carbons (Fsp3) is 0.706. The highest BCUT2D eigenvalue weighted by molar-refractivity contribution is 8.55. The third kappa shape index (κ3) is 8.75. The molecule has 0 radical (unpaired) electrons. The minimum atomic E-state index is -3.68. The fourth-order valence-corrected chi connectivity index (χ4v) is 5.84. The summed E-state index contributed by atoms with van der Waals surface area (Å²) in [6, 6.07) is 0. The predicted molar refractivity (Wildman–Crippen MR) is 108 cm³/mol. The monoisotopic (exact) mass is 438 g/mol. The van der Waals surface area contributed by atoms with Crippen molar-refractivity contribution in [1.82, 2.24) is 5.32 Å². The molecule has 4 unspecified atom stereocenters. The molecular weight excluding hydrogens is 407 g/mol. The van der Waals surface area contributed by atoms with Gasteiger partial charge in [0, 0.05) is 24.5 Å². The number of aliphatic hydroxyl groups is 2. The third-order valence-corrected chi connectivity index (χ3v) is 7.74. The van der Waals surface area contributed by atoms with Crippen LogP contribution in [0.15, 0.2) is 23.9 Å². The molecule has 1 amide bonds. The van der Waals surface area contributed by atoms with Gasteiger partial charge in [0.15, 0.2) is 0 Å². The van der Waals surface area contributed by atoms with Crippen LogP contribution in [0.2, 0.25) is 0 Å². The van der Waals surface area contributed by atoms with Gasteiger partial charge >= 0.3 is 6.80 Å². The number of hydrogen-bond acceptors (Lipinski definition) is 9. The van der Waals surface area contributed by atoms with Crippen molar-refractivity contribution in [3.8, 4) is 0 Å². The van der Waals surface area contributed by atoms with Crippen molar-refractivity contribution < 1.29 is 33.4 Å². The Morgan fingerprint density at radius 2 is 2.18 bits per heavy atom. The molecule has 11 heteroatoms. The summed E-state index contributed by atoms with van der Waals surface area (Å²) >= 11 is 0.972. The van der Waals surface area contributed by atoms with Crippen molar-refractivity contribution in [3.63, 3.8) is 0 Å². The minimum absolute atomic E-state index is 0.0523. The second kappa shape index (κ2) is 12.8. The number of hydrogen-bond donors (Lipinski definition) is 4. The molecule has 28 heavy (non-hydrogen) atoms. The maximum atomic E-state index is 13.0. The van der Waals surface area contributed by atoms with E-state index in [1.807, 2.05) is 32.1 Å². The van der Waals surface area contributed by atoms with Crippen LogP contribution < -0.4 is 11.1 Å². The van der Waals surface area contributed by atoms with Gasteiger partial charge in [0.05, 0.1) is 19.8 Å². The van der Waals surface area contributed by atoms with Crippen molar-refractivity contribution in [2.45, 2.75) is 32.6 Å². The van der Waals surface area contributed by atoms with E-state index in [1.54, 1.807) is 0 Å². The topological polar surface area (TPSA) is 140 Å². The maximum Gasteiger partial charge on any atom is 0.389 e. The molecule has 0 aromatic rings. The summed E-state index contributed by atoms with van der Waals surface area (Å²) in [4.78, 5) is 11.7. The summed E-state index contributed by atoms with van der Waals surface area (Å²) in [7, 11) is 1.35. The SMILES string of the molecule is COC(N)C(CO)OP(=O)(OCCO)SCC1C=CC(NC(=O)C(C)C)=CC1. The Kier molecular flexibility index (Phi) is 11.5. The van der Waals surface area contributed by atoms with E-state index >= 15 is 0 Å². The van der Waals surface area contributed by atoms with Crippen LogP contribution in [0.25, 0.3) is 0 Å². The van der Waals surface area contributed by atoms with Crippen molar-refractivity contribution in [2.24, 2.45) is 17.6 Å². The summed E-state index contributed by atoms with van der Waals surface area (Å²) in [5, 5.41) is 21.2. The van der Waals surface area contributed by atoms with E-state index in [0.717, 1.165) is 17.1 Å². The van der Waals surface area contributed by atoms with Crippen LogP contribution in [0.4, 0.5) is 0 Å². The number of aliphatic hydroxyl groups excluding tert-OH is 2. The first-order valence-corrected chi connectivity index (χ1v) is 12.1. The number of carbonyl (C=O) groups excluding carboxylic acids is 1. The van der Waals surface area contributed by atoms with Crippen LogP contribution >= 0.6 is 18.2 Å². The molecule has 0 saturated heterocycles. The second-order valence-electron chi connectivity index (χ2n) is 6.48. The molecule has 4 atom stereocenters. The minimum Gasteiger partial charge on any atom is -0.394 e. The molecule has 1 aliphatic carbocycles. The van der Waals surface area contributed by atoms with Gasteiger partial charge in [-0.1, -0.05) is 26.0 Å². The molecule has 1 rings (SSSR count). The van der Waals surface area contributed by atoms with Crippen molar-refractivity contribution in [3.05, 3.63) is 23.9 Å². The molecule has 0 aromatic heterocycles. The zero-order chi connectivity index (χ0) is 21.2. The molecule has 0 bridgehead atoms. The van der Waals surface area contributed by atoms with Crippen molar-refractivity contribution in [2.75, 3.05) is 32.7 Å². The third-order valence-electron chi connectivity index (χ3n) is 3.85. The zero-order valence-corrected chi connectivity index (χ0v) is 18.2. The highest BCUT2D eigenvalue weighted by atomic mass is 32.7. The normalized spacial score (nSPS) is 21.1. The van der Waals surface area contributed by atoms with Crippen LogP contribution in [0.3, 0.4) is 0 Å². The summed E-state index contributed by atoms with van der Waals surface area (Å²) in [6.45, 7) is -1.02. The standard InChI is InChI=1S/C17H31N2O7PS/c1-12(2)17(22)19-14-6-4-13(5-7-14)11-28-27(23,25-9-8-20)26-15(10-21)16(18)24-3/h4,6-7,12-13,15-16,20-21H,5,8-11,18H2,1-3H3,(H,19,22). The molecule has 1 aliphatic rings. The zero-order valence-electron chi connectivity index (χ0n) is 16.4. The Balaban J connectivity index is 2.64. The van der Waals surface area contributed by atoms with Crippen LogP contribution in [-0.4, -0.2) is 61.1 Å². The lowest BCUT2D eigenvalue weighted by Gasteiger charge is -2.26. The Labute approximate surface area is 170 Å². The first-order chi connectivity index (χ1) is 13.2. The summed E-state index contributed by atoms with van der Waals surface area (Å²) in [6.07, 6.45) is 4.29. The van der Waals surface area contributed by atoms with Gasteiger partial charge in [-0.15, -0.1) is 0 Å². The van der Waals surface area contributed by atoms with E-state index in [2.05, 4.69) is 5.32 Å². The van der Waals surface area contributed by atoms with E-state index in [9.17, 15) is 14.5 Å². The van der Waals surface area contributed by atoms with E-state index in [1.165, 1.54) is 7.11 Å². The Hall–Kier alpha value is -0.710. The molecule has 0 aromatic carbocycles. The number of nitrogens with one attached hydrogen (secondary N) is 1. The number of carbonyl (C=O) groups is 1. The van der Waals surface area contributed by atoms with Gasteiger partial charge in [0.1, 0.15) is 12.3 Å². The van der Waals surface area contributed by atoms with Gasteiger partial charge < -0.3 is 26.0 Å². The lowest BCUT2D eigenvalue weighted by Crippen LogP contribution is -2.40. The number of nitrogens with two attached hydrogens (primary N) is 1. The Morgan fingerprint density at radius 1 is 1.46 bits per heavy atom. The number of rotatable bonds is 13. The van der Waals surface area contributed by atoms with Crippen molar-refractivity contribution in [1.29, 1.82) is 0 Å². The Bertz CT molecular complexity index is 600. The average Bonchev–Trinajstić information content (AvgIpc) is 2.69. The van der Waals surface area contributed by atoms with Gasteiger partial charge in [-0.2, -0.15) is 0 Å². The largest absolute Gasteiger partial charge is 0.394 e. The first-order valence-electron chi connectivity index (χ1n) is 9.01. The molecule has 5 N–H and O–H groups in total. The van der Waals surface area contributed by atoms with Crippen LogP contribution in [-0.2, 0) is 23.1 Å². The van der Waals surface area contributed by atoms with Crippen molar-refractivity contribution >= 4 is 24.1 Å². The lowest BCUT2D eigenvalue weighted by atomic mass is 10.0. The number of amides is 1. The molecule has 0 saturated carbocycles. The van der Waals surface area contributed by atoms with E-state index in [0.29, 0.717) is 12.2 Å². The molecule has 0 heterocycles. The van der Waals surface area contributed by atoms with Gasteiger partial charge in [-0.25, -0.2) is 4.57 Å². The molecular formula is C17H31N2O7PS. The highest BCUT2D eigenvalue weighted by Gasteiger charge is 2.33. The fourth-order valence-electron chi connectivity index (χ4n) is 2.12. The van der Waals surface area contributed by atoms with Crippen LogP contribution in [0.1, 0.15) is 20.3 Å². The van der Waals surface area contributed by atoms with E-state index in [4.69, 9.17) is 24.6 Å². The quantitative estimate of drug-likeness (QED) is 0.248. The van der Waals surface area contributed by atoms with E-state index < -0.39 is 25.7 Å². The van der Waals surface area contributed by atoms with Crippen LogP contribution in [0, 0.1) is 11.8 Å². The van der Waals surface area contributed by atoms with Gasteiger partial charge in [-0.05, 0) is 29.8 Å². The Morgan fingerprint density at radius 3 is 2.68 bits per heavy atom.